The molecule has 0 bridgehead atoms. The van der Waals surface area contributed by atoms with Gasteiger partial charge in [-0.05, 0) is 59.7 Å². The molecule has 1 N–H and O–H groups in total. The summed E-state index contributed by atoms with van der Waals surface area (Å²) in [5, 5.41) is 1.15. The summed E-state index contributed by atoms with van der Waals surface area (Å²) in [5.74, 6) is -1.02. The fourth-order valence-corrected chi connectivity index (χ4v) is 7.64. The highest BCUT2D eigenvalue weighted by Gasteiger charge is 2.56. The van der Waals surface area contributed by atoms with Gasteiger partial charge in [-0.2, -0.15) is 0 Å². The molecule has 1 saturated heterocycles. The number of anilines is 1. The van der Waals surface area contributed by atoms with Crippen molar-refractivity contribution in [2.45, 2.75) is 22.8 Å². The van der Waals surface area contributed by atoms with Crippen molar-refractivity contribution in [3.05, 3.63) is 109 Å². The third-order valence-electron chi connectivity index (χ3n) is 6.44. The molecule has 2 amide bonds. The first-order chi connectivity index (χ1) is 17.9. The van der Waals surface area contributed by atoms with Crippen molar-refractivity contribution in [3.8, 4) is 5.75 Å². The number of thioether (sulfide) groups is 1. The number of halogens is 2. The van der Waals surface area contributed by atoms with Gasteiger partial charge in [-0.1, -0.05) is 70.6 Å². The summed E-state index contributed by atoms with van der Waals surface area (Å²) in [4.78, 5) is 44.1. The van der Waals surface area contributed by atoms with E-state index in [0.717, 1.165) is 27.3 Å². The van der Waals surface area contributed by atoms with Gasteiger partial charge in [0.25, 0.3) is 0 Å². The fourth-order valence-electron chi connectivity index (χ4n) is 4.79. The van der Waals surface area contributed by atoms with Crippen molar-refractivity contribution >= 4 is 63.8 Å². The number of rotatable bonds is 5. The minimum atomic E-state index is -0.648. The lowest BCUT2D eigenvalue weighted by Gasteiger charge is -2.29. The minimum absolute atomic E-state index is 0.210. The second-order valence-electron chi connectivity index (χ2n) is 8.73. The first kappa shape index (κ1) is 24.3. The number of nitrogens with zero attached hydrogens (tertiary/aromatic N) is 1. The van der Waals surface area contributed by atoms with E-state index in [4.69, 9.17) is 27.9 Å². The molecule has 1 aromatic heterocycles. The average Bonchev–Trinajstić information content (AvgIpc) is 3.38. The van der Waals surface area contributed by atoms with Gasteiger partial charge < -0.3 is 9.72 Å². The van der Waals surface area contributed by atoms with Crippen LogP contribution in [0.4, 0.5) is 5.69 Å². The molecule has 2 aliphatic heterocycles. The topological polar surface area (TPSA) is 79.5 Å². The number of aromatic amines is 1. The van der Waals surface area contributed by atoms with Crippen LogP contribution in [0.15, 0.2) is 82.6 Å². The van der Waals surface area contributed by atoms with Crippen LogP contribution in [0.1, 0.15) is 21.9 Å². The standard InChI is InChI=1S/C27H18Cl2N2O4S2/c28-16-6-8-18(9-7-16)31-25(32)21-20(22-24(30-27(34)37-22)36-23(21)26(31)33)15-4-10-19(11-5-15)35-13-14-2-1-3-17(29)12-14/h1-12,20-21,23H,13H2,(H,30,34)/t20-,21?,23?/m1/s1. The second kappa shape index (κ2) is 9.68. The maximum absolute atomic E-state index is 13.7. The first-order valence-corrected chi connectivity index (χ1v) is 13.8. The van der Waals surface area contributed by atoms with Gasteiger partial charge in [-0.15, -0.1) is 0 Å². The normalized spacial score (nSPS) is 20.6. The van der Waals surface area contributed by atoms with Crippen LogP contribution >= 0.6 is 46.3 Å². The fraction of sp³-hybridized carbons (Fsp3) is 0.148. The Morgan fingerprint density at radius 3 is 2.38 bits per heavy atom. The number of fused-ring (bicyclic) bond motifs is 2. The van der Waals surface area contributed by atoms with Crippen molar-refractivity contribution in [3.63, 3.8) is 0 Å². The molecule has 0 saturated carbocycles. The van der Waals surface area contributed by atoms with Crippen LogP contribution in [-0.2, 0) is 16.2 Å². The lowest BCUT2D eigenvalue weighted by atomic mass is 9.83. The zero-order chi connectivity index (χ0) is 25.7. The number of carbonyl (C=O) groups is 2. The highest BCUT2D eigenvalue weighted by atomic mass is 35.5. The third kappa shape index (κ3) is 4.48. The number of ether oxygens (including phenoxy) is 1. The van der Waals surface area contributed by atoms with Crippen LogP contribution in [0.5, 0.6) is 5.75 Å². The Morgan fingerprint density at radius 1 is 0.892 bits per heavy atom. The molecule has 3 atom stereocenters. The molecule has 0 spiro atoms. The Kier molecular flexibility index (Phi) is 6.36. The van der Waals surface area contributed by atoms with E-state index in [2.05, 4.69) is 4.98 Å². The molecule has 37 heavy (non-hydrogen) atoms. The Hall–Kier alpha value is -3.04. The largest absolute Gasteiger partial charge is 0.489 e. The number of aromatic nitrogens is 1. The summed E-state index contributed by atoms with van der Waals surface area (Å²) >= 11 is 14.4. The summed E-state index contributed by atoms with van der Waals surface area (Å²) < 4.78 is 5.92. The summed E-state index contributed by atoms with van der Waals surface area (Å²) in [5.41, 5.74) is 2.26. The van der Waals surface area contributed by atoms with Gasteiger partial charge >= 0.3 is 4.87 Å². The van der Waals surface area contributed by atoms with Gasteiger partial charge in [-0.3, -0.25) is 14.4 Å². The van der Waals surface area contributed by atoms with E-state index in [1.54, 1.807) is 24.3 Å². The number of amides is 2. The Morgan fingerprint density at radius 2 is 1.65 bits per heavy atom. The third-order valence-corrected chi connectivity index (χ3v) is 9.33. The number of benzene rings is 3. The SMILES string of the molecule is O=C1C2Sc3[nH]c(=O)sc3[C@H](c3ccc(OCc4cccc(Cl)c4)cc3)C2C(=O)N1c1ccc(Cl)cc1. The minimum Gasteiger partial charge on any atom is -0.489 e. The van der Waals surface area contributed by atoms with Crippen molar-refractivity contribution < 1.29 is 14.3 Å². The molecule has 1 fully saturated rings. The lowest BCUT2D eigenvalue weighted by Crippen LogP contribution is -2.32. The van der Waals surface area contributed by atoms with Gasteiger partial charge in [-0.25, -0.2) is 4.90 Å². The van der Waals surface area contributed by atoms with Gasteiger partial charge in [0, 0.05) is 20.8 Å². The number of carbonyl (C=O) groups excluding carboxylic acids is 2. The zero-order valence-electron chi connectivity index (χ0n) is 19.0. The quantitative estimate of drug-likeness (QED) is 0.293. The predicted molar refractivity (Wildman–Crippen MR) is 146 cm³/mol. The van der Waals surface area contributed by atoms with E-state index in [0.29, 0.717) is 33.1 Å². The monoisotopic (exact) mass is 568 g/mol. The van der Waals surface area contributed by atoms with Crippen LogP contribution in [0.2, 0.25) is 10.0 Å². The highest BCUT2D eigenvalue weighted by molar-refractivity contribution is 8.00. The lowest BCUT2D eigenvalue weighted by molar-refractivity contribution is -0.122. The van der Waals surface area contributed by atoms with Gasteiger partial charge in [0.1, 0.15) is 17.6 Å². The molecule has 6 nitrogen and oxygen atoms in total. The molecule has 3 heterocycles. The van der Waals surface area contributed by atoms with Gasteiger partial charge in [0.2, 0.25) is 11.8 Å². The van der Waals surface area contributed by atoms with E-state index in [9.17, 15) is 14.4 Å². The molecule has 6 rings (SSSR count). The van der Waals surface area contributed by atoms with Crippen LogP contribution in [0, 0.1) is 5.92 Å². The molecule has 4 aromatic rings. The van der Waals surface area contributed by atoms with E-state index in [1.807, 2.05) is 48.5 Å². The molecule has 3 aromatic carbocycles. The molecule has 186 valence electrons. The Balaban J connectivity index is 1.32. The maximum Gasteiger partial charge on any atom is 0.305 e. The molecule has 2 unspecified atom stereocenters. The van der Waals surface area contributed by atoms with E-state index < -0.39 is 17.1 Å². The number of hydrogen-bond donors (Lipinski definition) is 1. The Labute approximate surface area is 230 Å². The van der Waals surface area contributed by atoms with Gasteiger partial charge in [0.15, 0.2) is 0 Å². The van der Waals surface area contributed by atoms with E-state index >= 15 is 0 Å². The van der Waals surface area contributed by atoms with E-state index in [1.165, 1.54) is 16.7 Å². The van der Waals surface area contributed by atoms with Gasteiger partial charge in [0.05, 0.1) is 16.6 Å². The van der Waals surface area contributed by atoms with Crippen molar-refractivity contribution in [1.82, 2.24) is 4.98 Å². The highest BCUT2D eigenvalue weighted by Crippen LogP contribution is 2.53. The van der Waals surface area contributed by atoms with E-state index in [-0.39, 0.29) is 16.7 Å². The predicted octanol–water partition coefficient (Wildman–Crippen LogP) is 6.12. The average molecular weight is 569 g/mol. The second-order valence-corrected chi connectivity index (χ2v) is 11.8. The number of hydrogen-bond acceptors (Lipinski definition) is 6. The summed E-state index contributed by atoms with van der Waals surface area (Å²) in [6, 6.07) is 21.6. The summed E-state index contributed by atoms with van der Waals surface area (Å²) in [7, 11) is 0. The number of imide groups is 1. The van der Waals surface area contributed by atoms with Crippen molar-refractivity contribution in [2.75, 3.05) is 4.90 Å². The summed E-state index contributed by atoms with van der Waals surface area (Å²) in [6.07, 6.45) is 0. The first-order valence-electron chi connectivity index (χ1n) is 11.4. The maximum atomic E-state index is 13.7. The van der Waals surface area contributed by atoms with Crippen molar-refractivity contribution in [2.24, 2.45) is 5.92 Å². The molecule has 2 aliphatic rings. The Bertz CT molecular complexity index is 1570. The smallest absolute Gasteiger partial charge is 0.305 e. The van der Waals surface area contributed by atoms with Crippen LogP contribution in [0.3, 0.4) is 0 Å². The number of thiazole rings is 1. The van der Waals surface area contributed by atoms with Crippen molar-refractivity contribution in [1.29, 1.82) is 0 Å². The molecule has 10 heteroatoms. The molecule has 0 radical (unpaired) electrons. The number of nitrogens with one attached hydrogen (secondary N) is 1. The molecule has 0 aliphatic carbocycles. The summed E-state index contributed by atoms with van der Waals surface area (Å²) in [6.45, 7) is 0.358. The molecular formula is C27H18Cl2N2O4S2. The molecular weight excluding hydrogens is 551 g/mol. The number of H-pyrrole nitrogens is 1. The zero-order valence-corrected chi connectivity index (χ0v) is 22.2. The van der Waals surface area contributed by atoms with Crippen LogP contribution in [0.25, 0.3) is 0 Å². The van der Waals surface area contributed by atoms with Crippen LogP contribution < -0.4 is 14.5 Å². The van der Waals surface area contributed by atoms with Crippen LogP contribution in [-0.4, -0.2) is 22.0 Å².